The van der Waals surface area contributed by atoms with E-state index in [0.717, 1.165) is 36.5 Å². The Morgan fingerprint density at radius 1 is 0.972 bits per heavy atom. The molecule has 0 aliphatic heterocycles. The lowest BCUT2D eigenvalue weighted by atomic mass is 9.49. The van der Waals surface area contributed by atoms with Crippen molar-refractivity contribution in [2.24, 2.45) is 40.4 Å². The van der Waals surface area contributed by atoms with Crippen molar-refractivity contribution in [3.05, 3.63) is 47.0 Å². The first-order valence-electron chi connectivity index (χ1n) is 15.2. The minimum atomic E-state index is -0.143. The molecule has 0 saturated heterocycles. The van der Waals surface area contributed by atoms with Crippen molar-refractivity contribution in [2.45, 2.75) is 118 Å². The second-order valence-corrected chi connectivity index (χ2v) is 13.9. The molecular formula is C34H50O2. The minimum absolute atomic E-state index is 0.0846. The van der Waals surface area contributed by atoms with Crippen LogP contribution in [0, 0.1) is 40.4 Å². The molecule has 0 heterocycles. The van der Waals surface area contributed by atoms with Crippen LogP contribution in [0.5, 0.6) is 0 Å². The molecule has 3 fully saturated rings. The van der Waals surface area contributed by atoms with Crippen LogP contribution < -0.4 is 0 Å². The Balaban J connectivity index is 1.27. The summed E-state index contributed by atoms with van der Waals surface area (Å²) in [6, 6.07) is 9.52. The third-order valence-corrected chi connectivity index (χ3v) is 11.4. The second-order valence-electron chi connectivity index (χ2n) is 13.9. The highest BCUT2D eigenvalue weighted by molar-refractivity contribution is 5.89. The van der Waals surface area contributed by atoms with E-state index in [0.29, 0.717) is 22.3 Å². The molecule has 1 aromatic carbocycles. The van der Waals surface area contributed by atoms with Gasteiger partial charge in [0.05, 0.1) is 5.56 Å². The van der Waals surface area contributed by atoms with Crippen molar-refractivity contribution in [1.82, 2.24) is 0 Å². The number of allylic oxidation sites excluding steroid dienone is 2. The SMILES string of the molecule is CC(C)CCC[C@@H](C)[C@@H]1CCC2=C3CC[C@H]4C[C@@H](OC(=O)c5ccccc5)CC[C@]4(C)[C@H]3CC[C@@]21C. The van der Waals surface area contributed by atoms with Crippen LogP contribution in [0.15, 0.2) is 41.5 Å². The Morgan fingerprint density at radius 3 is 2.50 bits per heavy atom. The number of carbonyl (C=O) groups is 1. The minimum Gasteiger partial charge on any atom is -0.459 e. The quantitative estimate of drug-likeness (QED) is 0.281. The Kier molecular flexibility index (Phi) is 7.45. The number of benzene rings is 1. The van der Waals surface area contributed by atoms with E-state index in [1.54, 1.807) is 0 Å². The zero-order valence-corrected chi connectivity index (χ0v) is 23.7. The van der Waals surface area contributed by atoms with Crippen LogP contribution in [0.4, 0.5) is 0 Å². The summed E-state index contributed by atoms with van der Waals surface area (Å²) >= 11 is 0. The molecule has 198 valence electrons. The molecule has 4 aliphatic carbocycles. The van der Waals surface area contributed by atoms with Gasteiger partial charge in [-0.2, -0.15) is 0 Å². The fourth-order valence-electron chi connectivity index (χ4n) is 9.35. The maximum atomic E-state index is 12.7. The number of fused-ring (bicyclic) bond motifs is 4. The average molecular weight is 491 g/mol. The normalized spacial score (nSPS) is 36.7. The van der Waals surface area contributed by atoms with E-state index in [1.807, 2.05) is 41.5 Å². The highest BCUT2D eigenvalue weighted by atomic mass is 16.5. The maximum Gasteiger partial charge on any atom is 0.338 e. The molecule has 0 amide bonds. The molecule has 5 rings (SSSR count). The van der Waals surface area contributed by atoms with Gasteiger partial charge in [-0.05, 0) is 110 Å². The van der Waals surface area contributed by atoms with Gasteiger partial charge in [0.15, 0.2) is 0 Å². The van der Waals surface area contributed by atoms with Gasteiger partial charge >= 0.3 is 5.97 Å². The van der Waals surface area contributed by atoms with E-state index in [2.05, 4.69) is 34.6 Å². The van der Waals surface area contributed by atoms with Gasteiger partial charge in [0.2, 0.25) is 0 Å². The molecule has 4 aliphatic rings. The highest BCUT2D eigenvalue weighted by Crippen LogP contribution is 2.66. The predicted molar refractivity (Wildman–Crippen MR) is 149 cm³/mol. The van der Waals surface area contributed by atoms with E-state index >= 15 is 0 Å². The highest BCUT2D eigenvalue weighted by Gasteiger charge is 2.56. The van der Waals surface area contributed by atoms with E-state index in [9.17, 15) is 4.79 Å². The summed E-state index contributed by atoms with van der Waals surface area (Å²) in [4.78, 5) is 12.7. The Bertz CT molecular complexity index is 961. The summed E-state index contributed by atoms with van der Waals surface area (Å²) in [5.41, 5.74) is 5.31. The smallest absolute Gasteiger partial charge is 0.338 e. The lowest BCUT2D eigenvalue weighted by Gasteiger charge is -2.57. The summed E-state index contributed by atoms with van der Waals surface area (Å²) in [5.74, 6) is 3.87. The Labute approximate surface area is 220 Å². The van der Waals surface area contributed by atoms with E-state index in [4.69, 9.17) is 4.74 Å². The lowest BCUT2D eigenvalue weighted by molar-refractivity contribution is -0.0499. The van der Waals surface area contributed by atoms with Crippen molar-refractivity contribution in [2.75, 3.05) is 0 Å². The summed E-state index contributed by atoms with van der Waals surface area (Å²) in [6.07, 6.45) is 15.7. The van der Waals surface area contributed by atoms with E-state index < -0.39 is 0 Å². The third-order valence-electron chi connectivity index (χ3n) is 11.4. The fourth-order valence-corrected chi connectivity index (χ4v) is 9.35. The first kappa shape index (κ1) is 26.1. The zero-order valence-electron chi connectivity index (χ0n) is 23.7. The predicted octanol–water partition coefficient (Wildman–Crippen LogP) is 9.40. The van der Waals surface area contributed by atoms with Crippen LogP contribution >= 0.6 is 0 Å². The number of hydrogen-bond donors (Lipinski definition) is 0. The summed E-state index contributed by atoms with van der Waals surface area (Å²) in [7, 11) is 0. The van der Waals surface area contributed by atoms with Gasteiger partial charge in [0.1, 0.15) is 6.10 Å². The maximum absolute atomic E-state index is 12.7. The van der Waals surface area contributed by atoms with Crippen molar-refractivity contribution in [3.8, 4) is 0 Å². The second kappa shape index (κ2) is 10.3. The van der Waals surface area contributed by atoms with E-state index in [1.165, 1.54) is 64.2 Å². The fraction of sp³-hybridized carbons (Fsp3) is 0.735. The van der Waals surface area contributed by atoms with Gasteiger partial charge in [0.25, 0.3) is 0 Å². The Morgan fingerprint density at radius 2 is 1.75 bits per heavy atom. The number of esters is 1. The molecule has 0 unspecified atom stereocenters. The largest absolute Gasteiger partial charge is 0.459 e. The van der Waals surface area contributed by atoms with Gasteiger partial charge in [-0.15, -0.1) is 0 Å². The van der Waals surface area contributed by atoms with Gasteiger partial charge in [-0.3, -0.25) is 0 Å². The van der Waals surface area contributed by atoms with Crippen molar-refractivity contribution in [3.63, 3.8) is 0 Å². The number of carbonyl (C=O) groups excluding carboxylic acids is 1. The summed E-state index contributed by atoms with van der Waals surface area (Å²) < 4.78 is 6.03. The molecule has 7 atom stereocenters. The summed E-state index contributed by atoms with van der Waals surface area (Å²) in [6.45, 7) is 12.5. The molecule has 2 nitrogen and oxygen atoms in total. The van der Waals surface area contributed by atoms with Gasteiger partial charge < -0.3 is 4.74 Å². The van der Waals surface area contributed by atoms with Crippen molar-refractivity contribution in [1.29, 1.82) is 0 Å². The zero-order chi connectivity index (χ0) is 25.5. The molecule has 0 N–H and O–H groups in total. The first-order chi connectivity index (χ1) is 17.2. The van der Waals surface area contributed by atoms with Crippen molar-refractivity contribution < 1.29 is 9.53 Å². The number of rotatable bonds is 7. The van der Waals surface area contributed by atoms with Crippen LogP contribution in [0.25, 0.3) is 0 Å². The van der Waals surface area contributed by atoms with Crippen LogP contribution in [0.3, 0.4) is 0 Å². The number of hydrogen-bond acceptors (Lipinski definition) is 2. The lowest BCUT2D eigenvalue weighted by Crippen LogP contribution is -2.48. The van der Waals surface area contributed by atoms with Gasteiger partial charge in [0, 0.05) is 0 Å². The molecule has 36 heavy (non-hydrogen) atoms. The molecule has 0 bridgehead atoms. The van der Waals surface area contributed by atoms with Crippen LogP contribution in [-0.4, -0.2) is 12.1 Å². The van der Waals surface area contributed by atoms with Crippen LogP contribution in [0.1, 0.15) is 122 Å². The topological polar surface area (TPSA) is 26.3 Å². The monoisotopic (exact) mass is 490 g/mol. The van der Waals surface area contributed by atoms with Gasteiger partial charge in [-0.25, -0.2) is 4.79 Å². The van der Waals surface area contributed by atoms with Crippen LogP contribution in [-0.2, 0) is 4.74 Å². The average Bonchev–Trinajstić information content (AvgIpc) is 3.22. The Hall–Kier alpha value is -1.57. The molecular weight excluding hydrogens is 440 g/mol. The summed E-state index contributed by atoms with van der Waals surface area (Å²) in [5, 5.41) is 0. The standard InChI is InChI=1S/C34H50O2/c1-23(2)10-9-11-24(3)29-16-17-30-28-15-14-26-22-27(36-32(35)25-12-7-6-8-13-25)18-20-33(26,4)31(28)19-21-34(29,30)5/h6-8,12-13,23-24,26-27,29,31H,9-11,14-22H2,1-5H3/t24-,26+,27+,29+,31+,33+,34-/m1/s1. The molecule has 2 heteroatoms. The third kappa shape index (κ3) is 4.71. The van der Waals surface area contributed by atoms with E-state index in [-0.39, 0.29) is 12.1 Å². The molecule has 0 aromatic heterocycles. The first-order valence-corrected chi connectivity index (χ1v) is 15.2. The molecule has 0 spiro atoms. The van der Waals surface area contributed by atoms with Crippen LogP contribution in [0.2, 0.25) is 0 Å². The number of ether oxygens (including phenoxy) is 1. The molecule has 3 saturated carbocycles. The molecule has 1 aromatic rings. The van der Waals surface area contributed by atoms with Gasteiger partial charge in [-0.1, -0.05) is 83.2 Å². The molecule has 0 radical (unpaired) electrons. The van der Waals surface area contributed by atoms with Crippen molar-refractivity contribution >= 4 is 5.97 Å².